The summed E-state index contributed by atoms with van der Waals surface area (Å²) in [6.07, 6.45) is 0.190. The molecule has 0 aliphatic rings. The Bertz CT molecular complexity index is 788. The molecule has 2 rings (SSSR count). The zero-order chi connectivity index (χ0) is 18.1. The number of nitrogens with zero attached hydrogens (tertiary/aromatic N) is 1. The first-order valence-electron chi connectivity index (χ1n) is 7.41. The van der Waals surface area contributed by atoms with Crippen LogP contribution in [0.25, 0.3) is 0 Å². The van der Waals surface area contributed by atoms with Crippen molar-refractivity contribution in [1.29, 1.82) is 5.26 Å². The molecule has 0 aromatic heterocycles. The van der Waals surface area contributed by atoms with Gasteiger partial charge >= 0.3 is 5.97 Å². The molecule has 2 aromatic rings. The van der Waals surface area contributed by atoms with E-state index in [2.05, 4.69) is 5.32 Å². The molecule has 5 nitrogen and oxygen atoms in total. The number of carbonyl (C=O) groups is 2. The molecule has 2 aromatic carbocycles. The van der Waals surface area contributed by atoms with Gasteiger partial charge in [0.1, 0.15) is 6.07 Å². The number of nitrogens with one attached hydrogen (secondary N) is 1. The van der Waals surface area contributed by atoms with E-state index in [9.17, 15) is 9.59 Å². The number of rotatable bonds is 7. The normalized spacial score (nSPS) is 9.92. The molecule has 0 saturated heterocycles. The van der Waals surface area contributed by atoms with Crippen LogP contribution in [0.2, 0.25) is 5.02 Å². The van der Waals surface area contributed by atoms with Gasteiger partial charge in [-0.15, -0.1) is 11.8 Å². The van der Waals surface area contributed by atoms with Crippen molar-refractivity contribution in [1.82, 2.24) is 0 Å². The van der Waals surface area contributed by atoms with Crippen molar-refractivity contribution in [3.8, 4) is 6.07 Å². The van der Waals surface area contributed by atoms with Crippen LogP contribution in [0.3, 0.4) is 0 Å². The maximum atomic E-state index is 11.8. The Morgan fingerprint density at radius 3 is 2.60 bits per heavy atom. The number of nitriles is 1. The molecule has 0 aliphatic carbocycles. The summed E-state index contributed by atoms with van der Waals surface area (Å²) < 4.78 is 4.94. The molecule has 1 amide bonds. The van der Waals surface area contributed by atoms with E-state index >= 15 is 0 Å². The van der Waals surface area contributed by atoms with Gasteiger partial charge in [0, 0.05) is 15.7 Å². The summed E-state index contributed by atoms with van der Waals surface area (Å²) >= 11 is 7.31. The lowest BCUT2D eigenvalue weighted by Crippen LogP contribution is -2.21. The summed E-state index contributed by atoms with van der Waals surface area (Å²) in [5.74, 6) is -0.397. The number of ether oxygens (including phenoxy) is 1. The number of para-hydroxylation sites is 1. The summed E-state index contributed by atoms with van der Waals surface area (Å²) in [4.78, 5) is 24.5. The van der Waals surface area contributed by atoms with Gasteiger partial charge in [0.2, 0.25) is 0 Å². The highest BCUT2D eigenvalue weighted by atomic mass is 35.5. The van der Waals surface area contributed by atoms with Crippen molar-refractivity contribution < 1.29 is 14.3 Å². The Kier molecular flexibility index (Phi) is 7.33. The number of amides is 1. The van der Waals surface area contributed by atoms with Gasteiger partial charge in [-0.1, -0.05) is 23.7 Å². The average molecular weight is 375 g/mol. The molecule has 0 fully saturated rings. The third-order valence-electron chi connectivity index (χ3n) is 3.07. The molecule has 7 heteroatoms. The number of carbonyl (C=O) groups excluding carboxylic acids is 2. The Balaban J connectivity index is 1.70. The molecule has 1 N–H and O–H groups in total. The number of esters is 1. The van der Waals surface area contributed by atoms with Crippen LogP contribution in [0, 0.1) is 11.3 Å². The molecule has 0 radical (unpaired) electrons. The zero-order valence-electron chi connectivity index (χ0n) is 13.2. The van der Waals surface area contributed by atoms with Gasteiger partial charge in [-0.2, -0.15) is 5.26 Å². The van der Waals surface area contributed by atoms with Crippen molar-refractivity contribution in [2.24, 2.45) is 0 Å². The number of thioether (sulfide) groups is 1. The largest absolute Gasteiger partial charge is 0.456 e. The lowest BCUT2D eigenvalue weighted by atomic mass is 10.2. The van der Waals surface area contributed by atoms with Gasteiger partial charge in [-0.25, -0.2) is 0 Å². The van der Waals surface area contributed by atoms with E-state index in [1.54, 1.807) is 36.4 Å². The Labute approximate surface area is 154 Å². The number of hydrogen-bond acceptors (Lipinski definition) is 5. The average Bonchev–Trinajstić information content (AvgIpc) is 2.62. The predicted octanol–water partition coefficient (Wildman–Crippen LogP) is 3.88. The highest BCUT2D eigenvalue weighted by Crippen LogP contribution is 2.21. The first-order valence-corrected chi connectivity index (χ1v) is 8.78. The van der Waals surface area contributed by atoms with Crippen LogP contribution in [-0.2, 0) is 14.3 Å². The second kappa shape index (κ2) is 9.72. The maximum absolute atomic E-state index is 11.8. The predicted molar refractivity (Wildman–Crippen MR) is 97.5 cm³/mol. The Hall–Kier alpha value is -2.49. The van der Waals surface area contributed by atoms with Crippen LogP contribution >= 0.6 is 23.4 Å². The van der Waals surface area contributed by atoms with Crippen LogP contribution in [0.1, 0.15) is 12.0 Å². The second-order valence-corrected chi connectivity index (χ2v) is 6.52. The fourth-order valence-corrected chi connectivity index (χ4v) is 2.84. The third-order valence-corrected chi connectivity index (χ3v) is 4.34. The standard InChI is InChI=1S/C18H15ClN2O3S/c19-14-5-7-15(8-6-14)25-10-9-18(23)24-12-17(22)21-16-4-2-1-3-13(16)11-20/h1-8H,9-10,12H2,(H,21,22). The molecule has 0 heterocycles. The third kappa shape index (κ3) is 6.49. The molecule has 25 heavy (non-hydrogen) atoms. The van der Waals surface area contributed by atoms with Crippen molar-refractivity contribution in [2.45, 2.75) is 11.3 Å². The molecule has 128 valence electrons. The van der Waals surface area contributed by atoms with Gasteiger partial charge in [0.15, 0.2) is 6.61 Å². The van der Waals surface area contributed by atoms with Crippen molar-refractivity contribution in [3.05, 3.63) is 59.1 Å². The maximum Gasteiger partial charge on any atom is 0.307 e. The fourth-order valence-electron chi connectivity index (χ4n) is 1.88. The van der Waals surface area contributed by atoms with Crippen LogP contribution in [0.5, 0.6) is 0 Å². The SMILES string of the molecule is N#Cc1ccccc1NC(=O)COC(=O)CCSc1ccc(Cl)cc1. The topological polar surface area (TPSA) is 79.2 Å². The van der Waals surface area contributed by atoms with E-state index < -0.39 is 11.9 Å². The summed E-state index contributed by atoms with van der Waals surface area (Å²) in [5, 5.41) is 12.2. The number of hydrogen-bond donors (Lipinski definition) is 1. The molecule has 0 atom stereocenters. The van der Waals surface area contributed by atoms with Crippen LogP contribution in [-0.4, -0.2) is 24.2 Å². The summed E-state index contributed by atoms with van der Waals surface area (Å²) in [5.41, 5.74) is 0.742. The summed E-state index contributed by atoms with van der Waals surface area (Å²) in [6.45, 7) is -0.385. The summed E-state index contributed by atoms with van der Waals surface area (Å²) in [7, 11) is 0. The summed E-state index contributed by atoms with van der Waals surface area (Å²) in [6, 6.07) is 15.9. The molecule has 0 spiro atoms. The van der Waals surface area contributed by atoms with E-state index in [0.717, 1.165) is 4.90 Å². The first kappa shape index (κ1) is 18.8. The van der Waals surface area contributed by atoms with Crippen molar-refractivity contribution >= 4 is 40.9 Å². The van der Waals surface area contributed by atoms with Gasteiger partial charge in [0.05, 0.1) is 17.7 Å². The Morgan fingerprint density at radius 2 is 1.88 bits per heavy atom. The monoisotopic (exact) mass is 374 g/mol. The quantitative estimate of drug-likeness (QED) is 0.587. The minimum absolute atomic E-state index is 0.190. The molecule has 0 bridgehead atoms. The minimum atomic E-state index is -0.485. The number of halogens is 1. The first-order chi connectivity index (χ1) is 12.1. The van der Waals surface area contributed by atoms with Crippen molar-refractivity contribution in [2.75, 3.05) is 17.7 Å². The van der Waals surface area contributed by atoms with Crippen LogP contribution in [0.4, 0.5) is 5.69 Å². The molecule has 0 unspecified atom stereocenters. The lowest BCUT2D eigenvalue weighted by Gasteiger charge is -2.07. The second-order valence-electron chi connectivity index (χ2n) is 4.92. The lowest BCUT2D eigenvalue weighted by molar-refractivity contribution is -0.146. The molecule has 0 aliphatic heterocycles. The molecular formula is C18H15ClN2O3S. The molecular weight excluding hydrogens is 360 g/mol. The number of anilines is 1. The van der Waals surface area contributed by atoms with E-state index in [1.807, 2.05) is 18.2 Å². The van der Waals surface area contributed by atoms with Crippen molar-refractivity contribution in [3.63, 3.8) is 0 Å². The van der Waals surface area contributed by atoms with Gasteiger partial charge in [-0.05, 0) is 36.4 Å². The van der Waals surface area contributed by atoms with E-state index in [4.69, 9.17) is 21.6 Å². The van der Waals surface area contributed by atoms with E-state index in [0.29, 0.717) is 22.0 Å². The van der Waals surface area contributed by atoms with E-state index in [-0.39, 0.29) is 13.0 Å². The number of benzene rings is 2. The van der Waals surface area contributed by atoms with Gasteiger partial charge in [-0.3, -0.25) is 9.59 Å². The Morgan fingerprint density at radius 1 is 1.16 bits per heavy atom. The highest BCUT2D eigenvalue weighted by molar-refractivity contribution is 7.99. The highest BCUT2D eigenvalue weighted by Gasteiger charge is 2.10. The van der Waals surface area contributed by atoms with Crippen LogP contribution in [0.15, 0.2) is 53.4 Å². The van der Waals surface area contributed by atoms with Crippen LogP contribution < -0.4 is 5.32 Å². The molecule has 0 saturated carbocycles. The fraction of sp³-hybridized carbons (Fsp3) is 0.167. The van der Waals surface area contributed by atoms with Gasteiger partial charge in [0.25, 0.3) is 5.91 Å². The zero-order valence-corrected chi connectivity index (χ0v) is 14.8. The minimum Gasteiger partial charge on any atom is -0.456 e. The van der Waals surface area contributed by atoms with Gasteiger partial charge < -0.3 is 10.1 Å². The smallest absolute Gasteiger partial charge is 0.307 e. The van der Waals surface area contributed by atoms with E-state index in [1.165, 1.54) is 11.8 Å².